The highest BCUT2D eigenvalue weighted by atomic mass is 35.5. The second kappa shape index (κ2) is 5.74. The van der Waals surface area contributed by atoms with Crippen molar-refractivity contribution in [1.29, 1.82) is 0 Å². The summed E-state index contributed by atoms with van der Waals surface area (Å²) in [5.74, 6) is 0.957. The molecular formula is C13H15Cl2N3. The fourth-order valence-electron chi connectivity index (χ4n) is 2.04. The molecule has 0 aliphatic rings. The molecule has 1 N–H and O–H groups in total. The average molecular weight is 284 g/mol. The Balaban J connectivity index is 2.45. The van der Waals surface area contributed by atoms with Crippen LogP contribution >= 0.6 is 23.2 Å². The topological polar surface area (TPSA) is 29.9 Å². The number of nitrogens with one attached hydrogen (secondary N) is 1. The standard InChI is InChI=1S/C13H15Cl2N3/c1-3-18-5-4-17-13(18)12(16-2)9-6-10(14)8-11(15)7-9/h4-8,12,16H,3H2,1-2H3. The normalized spacial score (nSPS) is 12.7. The number of aryl methyl sites for hydroxylation is 1. The van der Waals surface area contributed by atoms with Crippen molar-refractivity contribution in [3.8, 4) is 0 Å². The fourth-order valence-corrected chi connectivity index (χ4v) is 2.58. The van der Waals surface area contributed by atoms with Crippen molar-refractivity contribution in [2.24, 2.45) is 0 Å². The smallest absolute Gasteiger partial charge is 0.130 e. The van der Waals surface area contributed by atoms with Crippen LogP contribution in [0.4, 0.5) is 0 Å². The molecule has 0 fully saturated rings. The molecule has 0 bridgehead atoms. The Kier molecular flexibility index (Phi) is 4.27. The van der Waals surface area contributed by atoms with Gasteiger partial charge in [-0.25, -0.2) is 4.98 Å². The third kappa shape index (κ3) is 2.69. The Hall–Kier alpha value is -1.03. The van der Waals surface area contributed by atoms with Crippen LogP contribution in [0.5, 0.6) is 0 Å². The van der Waals surface area contributed by atoms with Gasteiger partial charge in [0.05, 0.1) is 6.04 Å². The Morgan fingerprint density at radius 3 is 2.50 bits per heavy atom. The Bertz CT molecular complexity index is 517. The maximum absolute atomic E-state index is 6.05. The highest BCUT2D eigenvalue weighted by molar-refractivity contribution is 6.34. The molecular weight excluding hydrogens is 269 g/mol. The molecule has 0 saturated heterocycles. The molecule has 0 saturated carbocycles. The largest absolute Gasteiger partial charge is 0.334 e. The van der Waals surface area contributed by atoms with Gasteiger partial charge in [0.2, 0.25) is 0 Å². The zero-order chi connectivity index (χ0) is 13.1. The van der Waals surface area contributed by atoms with E-state index in [1.54, 1.807) is 12.3 Å². The van der Waals surface area contributed by atoms with Crippen LogP contribution in [0.3, 0.4) is 0 Å². The van der Waals surface area contributed by atoms with Gasteiger partial charge in [-0.15, -0.1) is 0 Å². The summed E-state index contributed by atoms with van der Waals surface area (Å²) in [6, 6.07) is 5.52. The number of rotatable bonds is 4. The van der Waals surface area contributed by atoms with Crippen molar-refractivity contribution in [1.82, 2.24) is 14.9 Å². The predicted octanol–water partition coefficient (Wildman–Crippen LogP) is 3.52. The summed E-state index contributed by atoms with van der Waals surface area (Å²) in [5.41, 5.74) is 1.01. The van der Waals surface area contributed by atoms with Gasteiger partial charge in [-0.3, -0.25) is 0 Å². The molecule has 1 aromatic heterocycles. The van der Waals surface area contributed by atoms with E-state index in [2.05, 4.69) is 21.8 Å². The highest BCUT2D eigenvalue weighted by Crippen LogP contribution is 2.26. The second-order valence-electron chi connectivity index (χ2n) is 4.00. The predicted molar refractivity (Wildman–Crippen MR) is 75.3 cm³/mol. The van der Waals surface area contributed by atoms with Crippen molar-refractivity contribution in [3.05, 3.63) is 52.0 Å². The van der Waals surface area contributed by atoms with E-state index in [1.165, 1.54) is 0 Å². The molecule has 1 aromatic carbocycles. The van der Waals surface area contributed by atoms with E-state index in [9.17, 15) is 0 Å². The maximum Gasteiger partial charge on any atom is 0.130 e. The molecule has 5 heteroatoms. The minimum atomic E-state index is -0.0175. The lowest BCUT2D eigenvalue weighted by Gasteiger charge is -2.18. The summed E-state index contributed by atoms with van der Waals surface area (Å²) in [6.45, 7) is 2.96. The van der Waals surface area contributed by atoms with Gasteiger partial charge in [0.15, 0.2) is 0 Å². The Labute approximate surface area is 117 Å². The molecule has 0 radical (unpaired) electrons. The van der Waals surface area contributed by atoms with Gasteiger partial charge in [0.25, 0.3) is 0 Å². The fraction of sp³-hybridized carbons (Fsp3) is 0.308. The van der Waals surface area contributed by atoms with Gasteiger partial charge >= 0.3 is 0 Å². The van der Waals surface area contributed by atoms with Crippen LogP contribution in [-0.2, 0) is 6.54 Å². The number of hydrogen-bond donors (Lipinski definition) is 1. The van der Waals surface area contributed by atoms with Crippen LogP contribution in [0.1, 0.15) is 24.4 Å². The summed E-state index contributed by atoms with van der Waals surface area (Å²) in [4.78, 5) is 4.41. The molecule has 2 rings (SSSR count). The average Bonchev–Trinajstić information content (AvgIpc) is 2.77. The van der Waals surface area contributed by atoms with E-state index in [0.29, 0.717) is 10.0 Å². The van der Waals surface area contributed by atoms with Crippen LogP contribution in [0.2, 0.25) is 10.0 Å². The van der Waals surface area contributed by atoms with E-state index in [0.717, 1.165) is 17.9 Å². The minimum absolute atomic E-state index is 0.0175. The molecule has 18 heavy (non-hydrogen) atoms. The Morgan fingerprint density at radius 2 is 1.94 bits per heavy atom. The number of nitrogens with zero attached hydrogens (tertiary/aromatic N) is 2. The van der Waals surface area contributed by atoms with Crippen molar-refractivity contribution in [2.45, 2.75) is 19.5 Å². The molecule has 1 atom stereocenters. The first kappa shape index (κ1) is 13.4. The lowest BCUT2D eigenvalue weighted by Crippen LogP contribution is -2.21. The third-order valence-electron chi connectivity index (χ3n) is 2.85. The van der Waals surface area contributed by atoms with Crippen LogP contribution in [0.25, 0.3) is 0 Å². The zero-order valence-electron chi connectivity index (χ0n) is 10.3. The van der Waals surface area contributed by atoms with E-state index in [-0.39, 0.29) is 6.04 Å². The number of imidazole rings is 1. The molecule has 3 nitrogen and oxygen atoms in total. The Morgan fingerprint density at radius 1 is 1.28 bits per heavy atom. The molecule has 0 aliphatic heterocycles. The van der Waals surface area contributed by atoms with Gasteiger partial charge < -0.3 is 9.88 Å². The van der Waals surface area contributed by atoms with E-state index >= 15 is 0 Å². The van der Waals surface area contributed by atoms with Gasteiger partial charge in [-0.05, 0) is 37.7 Å². The summed E-state index contributed by atoms with van der Waals surface area (Å²) >= 11 is 12.1. The van der Waals surface area contributed by atoms with Crippen molar-refractivity contribution >= 4 is 23.2 Å². The number of benzene rings is 1. The third-order valence-corrected chi connectivity index (χ3v) is 3.29. The number of halogens is 2. The SMILES string of the molecule is CCn1ccnc1C(NC)c1cc(Cl)cc(Cl)c1. The molecule has 1 heterocycles. The first-order valence-corrected chi connectivity index (χ1v) is 6.55. The van der Waals surface area contributed by atoms with Crippen LogP contribution in [0, 0.1) is 0 Å². The summed E-state index contributed by atoms with van der Waals surface area (Å²) in [7, 11) is 1.90. The van der Waals surface area contributed by atoms with Crippen molar-refractivity contribution in [2.75, 3.05) is 7.05 Å². The second-order valence-corrected chi connectivity index (χ2v) is 4.87. The zero-order valence-corrected chi connectivity index (χ0v) is 11.8. The molecule has 96 valence electrons. The quantitative estimate of drug-likeness (QED) is 0.931. The van der Waals surface area contributed by atoms with Gasteiger partial charge in [-0.1, -0.05) is 23.2 Å². The van der Waals surface area contributed by atoms with Crippen LogP contribution in [0.15, 0.2) is 30.6 Å². The highest BCUT2D eigenvalue weighted by Gasteiger charge is 2.17. The molecule has 2 aromatic rings. The van der Waals surface area contributed by atoms with E-state index < -0.39 is 0 Å². The maximum atomic E-state index is 6.05. The first-order chi connectivity index (χ1) is 8.65. The van der Waals surface area contributed by atoms with Crippen molar-refractivity contribution in [3.63, 3.8) is 0 Å². The number of hydrogen-bond acceptors (Lipinski definition) is 2. The summed E-state index contributed by atoms with van der Waals surface area (Å²) in [6.07, 6.45) is 3.77. The minimum Gasteiger partial charge on any atom is -0.334 e. The molecule has 0 spiro atoms. The van der Waals surface area contributed by atoms with Gasteiger partial charge in [0, 0.05) is 29.0 Å². The lowest BCUT2D eigenvalue weighted by molar-refractivity contribution is 0.590. The van der Waals surface area contributed by atoms with Gasteiger partial charge in [0.1, 0.15) is 5.82 Å². The number of aromatic nitrogens is 2. The summed E-state index contributed by atoms with van der Waals surface area (Å²) < 4.78 is 2.09. The van der Waals surface area contributed by atoms with Crippen LogP contribution in [-0.4, -0.2) is 16.6 Å². The van der Waals surface area contributed by atoms with Gasteiger partial charge in [-0.2, -0.15) is 0 Å². The molecule has 0 amide bonds. The van der Waals surface area contributed by atoms with E-state index in [1.807, 2.05) is 25.4 Å². The lowest BCUT2D eigenvalue weighted by atomic mass is 10.1. The van der Waals surface area contributed by atoms with E-state index in [4.69, 9.17) is 23.2 Å². The first-order valence-electron chi connectivity index (χ1n) is 5.80. The monoisotopic (exact) mass is 283 g/mol. The van der Waals surface area contributed by atoms with Crippen molar-refractivity contribution < 1.29 is 0 Å². The molecule has 0 aliphatic carbocycles. The molecule has 1 unspecified atom stereocenters. The summed E-state index contributed by atoms with van der Waals surface area (Å²) in [5, 5.41) is 4.51. The van der Waals surface area contributed by atoms with Crippen LogP contribution < -0.4 is 5.32 Å².